The van der Waals surface area contributed by atoms with Gasteiger partial charge in [-0.25, -0.2) is 0 Å². The summed E-state index contributed by atoms with van der Waals surface area (Å²) in [6, 6.07) is 0.700. The third-order valence-corrected chi connectivity index (χ3v) is 4.36. The fraction of sp³-hybridized carbons (Fsp3) is 1.00. The van der Waals surface area contributed by atoms with E-state index in [9.17, 15) is 0 Å². The molecule has 1 aliphatic heterocycles. The maximum atomic E-state index is 3.53. The largest absolute Gasteiger partial charge is 0.316 e. The minimum atomic E-state index is 0.700. The normalized spacial score (nSPS) is 21.4. The van der Waals surface area contributed by atoms with E-state index in [2.05, 4.69) is 30.3 Å². The van der Waals surface area contributed by atoms with Gasteiger partial charge < -0.3 is 10.2 Å². The average molecular weight is 258 g/mol. The summed E-state index contributed by atoms with van der Waals surface area (Å²) in [6.45, 7) is 9.72. The van der Waals surface area contributed by atoms with E-state index < -0.39 is 0 Å². The van der Waals surface area contributed by atoms with E-state index in [1.807, 2.05) is 11.8 Å². The molecule has 0 radical (unpaired) electrons. The molecule has 0 aromatic rings. The van der Waals surface area contributed by atoms with Crippen molar-refractivity contribution >= 4 is 11.8 Å². The van der Waals surface area contributed by atoms with Gasteiger partial charge in [0.25, 0.3) is 0 Å². The van der Waals surface area contributed by atoms with Crippen molar-refractivity contribution < 1.29 is 0 Å². The molecule has 0 bridgehead atoms. The number of thioether (sulfide) groups is 1. The molecule has 0 aromatic heterocycles. The van der Waals surface area contributed by atoms with Gasteiger partial charge in [-0.15, -0.1) is 0 Å². The van der Waals surface area contributed by atoms with Crippen LogP contribution in [0.3, 0.4) is 0 Å². The minimum Gasteiger partial charge on any atom is -0.316 e. The molecule has 1 heterocycles. The third kappa shape index (κ3) is 6.68. The average Bonchev–Trinajstić information content (AvgIpc) is 2.34. The Labute approximate surface area is 112 Å². The molecule has 1 aliphatic rings. The second kappa shape index (κ2) is 9.23. The van der Waals surface area contributed by atoms with E-state index in [-0.39, 0.29) is 0 Å². The fourth-order valence-electron chi connectivity index (χ4n) is 2.53. The number of unbranched alkanes of at least 4 members (excludes halogenated alkanes) is 1. The molecule has 0 saturated carbocycles. The SMILES string of the molecule is CSCCCCN(CC1CCCNC1)C(C)C. The summed E-state index contributed by atoms with van der Waals surface area (Å²) in [4.78, 5) is 2.68. The van der Waals surface area contributed by atoms with Crippen molar-refractivity contribution in [3.63, 3.8) is 0 Å². The molecular weight excluding hydrogens is 228 g/mol. The van der Waals surface area contributed by atoms with Gasteiger partial charge in [-0.2, -0.15) is 11.8 Å². The molecule has 0 spiro atoms. The van der Waals surface area contributed by atoms with Crippen LogP contribution in [-0.2, 0) is 0 Å². The van der Waals surface area contributed by atoms with Crippen LogP contribution in [0.4, 0.5) is 0 Å². The second-order valence-corrected chi connectivity index (χ2v) is 6.49. The van der Waals surface area contributed by atoms with Crippen LogP contribution in [0.25, 0.3) is 0 Å². The number of rotatable bonds is 8. The van der Waals surface area contributed by atoms with Crippen LogP contribution in [0, 0.1) is 5.92 Å². The van der Waals surface area contributed by atoms with Crippen LogP contribution < -0.4 is 5.32 Å². The molecule has 2 nitrogen and oxygen atoms in total. The van der Waals surface area contributed by atoms with Gasteiger partial charge in [-0.1, -0.05) is 0 Å². The van der Waals surface area contributed by atoms with E-state index in [4.69, 9.17) is 0 Å². The van der Waals surface area contributed by atoms with Crippen LogP contribution in [0.15, 0.2) is 0 Å². The van der Waals surface area contributed by atoms with Crippen molar-refractivity contribution in [3.8, 4) is 0 Å². The highest BCUT2D eigenvalue weighted by Crippen LogP contribution is 2.14. The first-order chi connectivity index (χ1) is 8.24. The topological polar surface area (TPSA) is 15.3 Å². The molecule has 0 aliphatic carbocycles. The summed E-state index contributed by atoms with van der Waals surface area (Å²) in [5.41, 5.74) is 0. The fourth-order valence-corrected chi connectivity index (χ4v) is 3.03. The van der Waals surface area contributed by atoms with Crippen molar-refractivity contribution in [3.05, 3.63) is 0 Å². The number of hydrogen-bond donors (Lipinski definition) is 1. The monoisotopic (exact) mass is 258 g/mol. The molecule has 1 atom stereocenters. The quantitative estimate of drug-likeness (QED) is 0.674. The first kappa shape index (κ1) is 15.3. The Morgan fingerprint density at radius 3 is 2.76 bits per heavy atom. The molecule has 1 fully saturated rings. The predicted octanol–water partition coefficient (Wildman–Crippen LogP) is 2.84. The molecule has 0 amide bonds. The number of nitrogens with zero attached hydrogens (tertiary/aromatic N) is 1. The smallest absolute Gasteiger partial charge is 0.00387 e. The Hall–Kier alpha value is 0.270. The molecule has 1 unspecified atom stereocenters. The van der Waals surface area contributed by atoms with E-state index in [0.29, 0.717) is 6.04 Å². The summed E-state index contributed by atoms with van der Waals surface area (Å²) in [7, 11) is 0. The standard InChI is InChI=1S/C14H30N2S/c1-13(2)16(9-4-5-10-17-3)12-14-7-6-8-15-11-14/h13-15H,4-12H2,1-3H3. The van der Waals surface area contributed by atoms with Crippen molar-refractivity contribution in [1.82, 2.24) is 10.2 Å². The molecule has 1 rings (SSSR count). The van der Waals surface area contributed by atoms with Crippen LogP contribution in [0.1, 0.15) is 39.5 Å². The highest BCUT2D eigenvalue weighted by molar-refractivity contribution is 7.98. The van der Waals surface area contributed by atoms with Crippen LogP contribution in [-0.4, -0.2) is 49.1 Å². The lowest BCUT2D eigenvalue weighted by molar-refractivity contribution is 0.169. The molecule has 3 heteroatoms. The Bertz CT molecular complexity index is 179. The lowest BCUT2D eigenvalue weighted by Gasteiger charge is -2.32. The molecule has 0 aromatic carbocycles. The van der Waals surface area contributed by atoms with E-state index in [0.717, 1.165) is 5.92 Å². The summed E-state index contributed by atoms with van der Waals surface area (Å²) in [6.07, 6.45) is 7.71. The maximum absolute atomic E-state index is 3.53. The predicted molar refractivity (Wildman–Crippen MR) is 79.9 cm³/mol. The molecule has 1 N–H and O–H groups in total. The first-order valence-electron chi connectivity index (χ1n) is 7.17. The molecular formula is C14H30N2S. The van der Waals surface area contributed by atoms with Gasteiger partial charge >= 0.3 is 0 Å². The van der Waals surface area contributed by atoms with Gasteiger partial charge in [-0.3, -0.25) is 0 Å². The van der Waals surface area contributed by atoms with Crippen molar-refractivity contribution in [2.45, 2.75) is 45.6 Å². The minimum absolute atomic E-state index is 0.700. The lowest BCUT2D eigenvalue weighted by atomic mass is 9.98. The van der Waals surface area contributed by atoms with Gasteiger partial charge in [0.1, 0.15) is 0 Å². The summed E-state index contributed by atoms with van der Waals surface area (Å²) in [5, 5.41) is 3.53. The first-order valence-corrected chi connectivity index (χ1v) is 8.57. The summed E-state index contributed by atoms with van der Waals surface area (Å²) < 4.78 is 0. The Morgan fingerprint density at radius 1 is 1.35 bits per heavy atom. The van der Waals surface area contributed by atoms with Crippen molar-refractivity contribution in [2.24, 2.45) is 5.92 Å². The molecule has 102 valence electrons. The number of piperidine rings is 1. The summed E-state index contributed by atoms with van der Waals surface area (Å²) >= 11 is 1.97. The van der Waals surface area contributed by atoms with Gasteiger partial charge in [-0.05, 0) is 77.1 Å². The summed E-state index contributed by atoms with van der Waals surface area (Å²) in [5.74, 6) is 2.20. The van der Waals surface area contributed by atoms with Gasteiger partial charge in [0.05, 0.1) is 0 Å². The zero-order valence-electron chi connectivity index (χ0n) is 11.9. The van der Waals surface area contributed by atoms with Crippen LogP contribution >= 0.6 is 11.8 Å². The Kier molecular flexibility index (Phi) is 8.33. The van der Waals surface area contributed by atoms with E-state index >= 15 is 0 Å². The highest BCUT2D eigenvalue weighted by atomic mass is 32.2. The second-order valence-electron chi connectivity index (χ2n) is 5.50. The Balaban J connectivity index is 2.21. The lowest BCUT2D eigenvalue weighted by Crippen LogP contribution is -2.41. The maximum Gasteiger partial charge on any atom is 0.00387 e. The van der Waals surface area contributed by atoms with E-state index in [1.165, 1.54) is 57.6 Å². The van der Waals surface area contributed by atoms with E-state index in [1.54, 1.807) is 0 Å². The highest BCUT2D eigenvalue weighted by Gasteiger charge is 2.18. The van der Waals surface area contributed by atoms with Crippen LogP contribution in [0.2, 0.25) is 0 Å². The van der Waals surface area contributed by atoms with Gasteiger partial charge in [0, 0.05) is 12.6 Å². The number of hydrogen-bond acceptors (Lipinski definition) is 3. The van der Waals surface area contributed by atoms with Gasteiger partial charge in [0.15, 0.2) is 0 Å². The Morgan fingerprint density at radius 2 is 2.18 bits per heavy atom. The molecule has 1 saturated heterocycles. The van der Waals surface area contributed by atoms with Crippen molar-refractivity contribution in [2.75, 3.05) is 38.2 Å². The van der Waals surface area contributed by atoms with Crippen molar-refractivity contribution in [1.29, 1.82) is 0 Å². The molecule has 17 heavy (non-hydrogen) atoms. The zero-order chi connectivity index (χ0) is 12.5. The van der Waals surface area contributed by atoms with Crippen LogP contribution in [0.5, 0.6) is 0 Å². The third-order valence-electron chi connectivity index (χ3n) is 3.67. The van der Waals surface area contributed by atoms with Gasteiger partial charge in [0.2, 0.25) is 0 Å². The zero-order valence-corrected chi connectivity index (χ0v) is 12.7. The number of nitrogens with one attached hydrogen (secondary N) is 1.